The zero-order valence-corrected chi connectivity index (χ0v) is 10.1. The van der Waals surface area contributed by atoms with Gasteiger partial charge in [0.1, 0.15) is 0 Å². The second kappa shape index (κ2) is 5.67. The quantitative estimate of drug-likeness (QED) is 0.799. The summed E-state index contributed by atoms with van der Waals surface area (Å²) in [6.07, 6.45) is 3.95. The number of aryl methyl sites for hydroxylation is 1. The molecule has 2 rings (SSSR count). The molecule has 1 aliphatic carbocycles. The van der Waals surface area contributed by atoms with Gasteiger partial charge < -0.3 is 10.4 Å². The van der Waals surface area contributed by atoms with Crippen LogP contribution in [0.2, 0.25) is 5.02 Å². The molecule has 2 N–H and O–H groups in total. The van der Waals surface area contributed by atoms with E-state index in [1.165, 1.54) is 18.4 Å². The number of nitrogens with one attached hydrogen (secondary N) is 1. The molecule has 1 aromatic carbocycles. The molecular weight excluding hydrogens is 222 g/mol. The van der Waals surface area contributed by atoms with Crippen molar-refractivity contribution in [1.82, 2.24) is 5.32 Å². The van der Waals surface area contributed by atoms with Crippen molar-refractivity contribution in [3.8, 4) is 0 Å². The van der Waals surface area contributed by atoms with Crippen LogP contribution < -0.4 is 5.32 Å². The highest BCUT2D eigenvalue weighted by Crippen LogP contribution is 2.18. The highest BCUT2D eigenvalue weighted by molar-refractivity contribution is 6.30. The fraction of sp³-hybridized carbons (Fsp3) is 0.538. The Morgan fingerprint density at radius 2 is 2.25 bits per heavy atom. The molecule has 16 heavy (non-hydrogen) atoms. The van der Waals surface area contributed by atoms with E-state index in [0.29, 0.717) is 12.6 Å². The first-order valence-electron chi connectivity index (χ1n) is 5.90. The van der Waals surface area contributed by atoms with Crippen molar-refractivity contribution in [2.45, 2.75) is 37.8 Å². The van der Waals surface area contributed by atoms with Gasteiger partial charge in [0.2, 0.25) is 0 Å². The molecule has 0 aromatic heterocycles. The van der Waals surface area contributed by atoms with Crippen LogP contribution in [0.25, 0.3) is 0 Å². The molecule has 1 saturated carbocycles. The summed E-state index contributed by atoms with van der Waals surface area (Å²) in [4.78, 5) is 0. The van der Waals surface area contributed by atoms with E-state index in [-0.39, 0.29) is 6.10 Å². The molecule has 3 heteroatoms. The van der Waals surface area contributed by atoms with Crippen molar-refractivity contribution in [3.05, 3.63) is 34.9 Å². The van der Waals surface area contributed by atoms with E-state index in [2.05, 4.69) is 5.32 Å². The predicted octanol–water partition coefficient (Wildman–Crippen LogP) is 2.39. The normalized spacial score (nSPS) is 17.4. The lowest BCUT2D eigenvalue weighted by Crippen LogP contribution is -2.28. The van der Waals surface area contributed by atoms with Crippen LogP contribution in [0.5, 0.6) is 0 Å². The lowest BCUT2D eigenvalue weighted by Gasteiger charge is -2.11. The zero-order chi connectivity index (χ0) is 11.4. The summed E-state index contributed by atoms with van der Waals surface area (Å²) < 4.78 is 0. The SMILES string of the molecule is OC(CCc1cccc(Cl)c1)CNC1CC1. The van der Waals surface area contributed by atoms with Gasteiger partial charge in [-0.1, -0.05) is 23.7 Å². The van der Waals surface area contributed by atoms with Gasteiger partial charge in [-0.15, -0.1) is 0 Å². The van der Waals surface area contributed by atoms with Crippen molar-refractivity contribution < 1.29 is 5.11 Å². The van der Waals surface area contributed by atoms with E-state index in [4.69, 9.17) is 11.6 Å². The van der Waals surface area contributed by atoms with Gasteiger partial charge in [0.05, 0.1) is 6.10 Å². The van der Waals surface area contributed by atoms with Gasteiger partial charge in [0.15, 0.2) is 0 Å². The lowest BCUT2D eigenvalue weighted by molar-refractivity contribution is 0.161. The second-order valence-electron chi connectivity index (χ2n) is 4.50. The molecule has 1 aromatic rings. The highest BCUT2D eigenvalue weighted by atomic mass is 35.5. The van der Waals surface area contributed by atoms with Gasteiger partial charge in [0, 0.05) is 17.6 Å². The van der Waals surface area contributed by atoms with Crippen LogP contribution >= 0.6 is 11.6 Å². The average Bonchev–Trinajstić information content (AvgIpc) is 3.07. The lowest BCUT2D eigenvalue weighted by atomic mass is 10.1. The molecule has 0 aliphatic heterocycles. The third-order valence-electron chi connectivity index (χ3n) is 2.87. The molecule has 1 fully saturated rings. The van der Waals surface area contributed by atoms with E-state index in [0.717, 1.165) is 17.9 Å². The average molecular weight is 240 g/mol. The van der Waals surface area contributed by atoms with Crippen molar-refractivity contribution >= 4 is 11.6 Å². The topological polar surface area (TPSA) is 32.3 Å². The number of hydrogen-bond donors (Lipinski definition) is 2. The van der Waals surface area contributed by atoms with Gasteiger partial charge >= 0.3 is 0 Å². The van der Waals surface area contributed by atoms with Crippen LogP contribution in [0.15, 0.2) is 24.3 Å². The van der Waals surface area contributed by atoms with Crippen LogP contribution in [0, 0.1) is 0 Å². The highest BCUT2D eigenvalue weighted by Gasteiger charge is 2.21. The standard InChI is InChI=1S/C13H18ClNO/c14-11-3-1-2-10(8-11)4-7-13(16)9-15-12-5-6-12/h1-3,8,12-13,15-16H,4-7,9H2. The number of aliphatic hydroxyl groups is 1. The molecule has 2 nitrogen and oxygen atoms in total. The molecule has 0 spiro atoms. The second-order valence-corrected chi connectivity index (χ2v) is 4.94. The Morgan fingerprint density at radius 3 is 2.94 bits per heavy atom. The predicted molar refractivity (Wildman–Crippen MR) is 66.8 cm³/mol. The Labute approximate surface area is 102 Å². The van der Waals surface area contributed by atoms with Crippen LogP contribution in [-0.4, -0.2) is 23.8 Å². The maximum Gasteiger partial charge on any atom is 0.0667 e. The van der Waals surface area contributed by atoms with Crippen LogP contribution in [0.3, 0.4) is 0 Å². The number of aliphatic hydroxyl groups excluding tert-OH is 1. The molecule has 1 aliphatic rings. The molecule has 0 heterocycles. The number of rotatable bonds is 6. The van der Waals surface area contributed by atoms with Gasteiger partial charge in [-0.05, 0) is 43.4 Å². The summed E-state index contributed by atoms with van der Waals surface area (Å²) in [5.74, 6) is 0. The Morgan fingerprint density at radius 1 is 1.44 bits per heavy atom. The molecule has 0 radical (unpaired) electrons. The Balaban J connectivity index is 1.69. The summed E-state index contributed by atoms with van der Waals surface area (Å²) in [5.41, 5.74) is 1.19. The fourth-order valence-corrected chi connectivity index (χ4v) is 1.93. The molecule has 1 atom stereocenters. The third-order valence-corrected chi connectivity index (χ3v) is 3.11. The number of halogens is 1. The van der Waals surface area contributed by atoms with Crippen LogP contribution in [0.4, 0.5) is 0 Å². The maximum atomic E-state index is 9.76. The molecule has 0 amide bonds. The van der Waals surface area contributed by atoms with Gasteiger partial charge in [-0.3, -0.25) is 0 Å². The first-order chi connectivity index (χ1) is 7.74. The Bertz CT molecular complexity index is 338. The minimum absolute atomic E-state index is 0.250. The summed E-state index contributed by atoms with van der Waals surface area (Å²) in [5, 5.41) is 13.9. The van der Waals surface area contributed by atoms with Crippen molar-refractivity contribution in [1.29, 1.82) is 0 Å². The van der Waals surface area contributed by atoms with Crippen molar-refractivity contribution in [3.63, 3.8) is 0 Å². The molecule has 88 valence electrons. The summed E-state index contributed by atoms with van der Waals surface area (Å²) >= 11 is 5.90. The first kappa shape index (κ1) is 11.9. The van der Waals surface area contributed by atoms with E-state index < -0.39 is 0 Å². The van der Waals surface area contributed by atoms with Crippen molar-refractivity contribution in [2.75, 3.05) is 6.54 Å². The number of benzene rings is 1. The summed E-state index contributed by atoms with van der Waals surface area (Å²) in [7, 11) is 0. The minimum Gasteiger partial charge on any atom is -0.392 e. The maximum absolute atomic E-state index is 9.76. The van der Waals surface area contributed by atoms with Gasteiger partial charge in [-0.25, -0.2) is 0 Å². The van der Waals surface area contributed by atoms with E-state index in [9.17, 15) is 5.11 Å². The molecule has 0 saturated heterocycles. The smallest absolute Gasteiger partial charge is 0.0667 e. The summed E-state index contributed by atoms with van der Waals surface area (Å²) in [6, 6.07) is 8.50. The Hall–Kier alpha value is -0.570. The van der Waals surface area contributed by atoms with Crippen molar-refractivity contribution in [2.24, 2.45) is 0 Å². The zero-order valence-electron chi connectivity index (χ0n) is 9.32. The van der Waals surface area contributed by atoms with Gasteiger partial charge in [0.25, 0.3) is 0 Å². The molecule has 0 bridgehead atoms. The summed E-state index contributed by atoms with van der Waals surface area (Å²) in [6.45, 7) is 0.714. The van der Waals surface area contributed by atoms with Crippen LogP contribution in [-0.2, 0) is 6.42 Å². The van der Waals surface area contributed by atoms with Gasteiger partial charge in [-0.2, -0.15) is 0 Å². The van der Waals surface area contributed by atoms with E-state index >= 15 is 0 Å². The van der Waals surface area contributed by atoms with E-state index in [1.54, 1.807) is 0 Å². The monoisotopic (exact) mass is 239 g/mol. The fourth-order valence-electron chi connectivity index (χ4n) is 1.72. The van der Waals surface area contributed by atoms with E-state index in [1.807, 2.05) is 24.3 Å². The Kier molecular flexibility index (Phi) is 4.22. The number of hydrogen-bond acceptors (Lipinski definition) is 2. The minimum atomic E-state index is -0.250. The first-order valence-corrected chi connectivity index (χ1v) is 6.28. The third kappa shape index (κ3) is 4.12. The largest absolute Gasteiger partial charge is 0.392 e. The molecular formula is C13H18ClNO. The molecule has 1 unspecified atom stereocenters. The van der Waals surface area contributed by atoms with Crippen LogP contribution in [0.1, 0.15) is 24.8 Å².